The maximum Gasteiger partial charge on any atom is 0.417 e. The van der Waals surface area contributed by atoms with Gasteiger partial charge in [-0.15, -0.1) is 0 Å². The molecule has 0 aromatic heterocycles. The molecule has 0 spiro atoms. The Bertz CT molecular complexity index is 524. The predicted molar refractivity (Wildman–Crippen MR) is 107 cm³/mol. The summed E-state index contributed by atoms with van der Waals surface area (Å²) in [6.45, 7) is 7.52. The van der Waals surface area contributed by atoms with Crippen LogP contribution in [0.4, 0.5) is 4.79 Å². The van der Waals surface area contributed by atoms with Crippen LogP contribution in [0.5, 0.6) is 0 Å². The number of imide groups is 1. The number of likely N-dealkylation sites (tertiary alicyclic amines) is 1. The van der Waals surface area contributed by atoms with Gasteiger partial charge >= 0.3 is 6.09 Å². The molecule has 27 heavy (non-hydrogen) atoms. The number of amides is 2. The van der Waals surface area contributed by atoms with Crippen molar-refractivity contribution < 1.29 is 14.3 Å². The third-order valence-corrected chi connectivity index (χ3v) is 7.05. The average Bonchev–Trinajstić information content (AvgIpc) is 2.89. The van der Waals surface area contributed by atoms with Crippen molar-refractivity contribution in [2.24, 2.45) is 23.7 Å². The summed E-state index contributed by atoms with van der Waals surface area (Å²) in [5, 5.41) is 0. The average molecular weight is 378 g/mol. The van der Waals surface area contributed by atoms with Crippen LogP contribution in [0.25, 0.3) is 0 Å². The van der Waals surface area contributed by atoms with Gasteiger partial charge in [0.2, 0.25) is 5.91 Å². The minimum atomic E-state index is -0.564. The van der Waals surface area contributed by atoms with E-state index in [0.29, 0.717) is 5.92 Å². The largest absolute Gasteiger partial charge is 0.443 e. The third-order valence-electron chi connectivity index (χ3n) is 7.05. The van der Waals surface area contributed by atoms with E-state index >= 15 is 0 Å². The number of ether oxygens (including phenoxy) is 1. The van der Waals surface area contributed by atoms with Crippen molar-refractivity contribution in [3.05, 3.63) is 0 Å². The fourth-order valence-corrected chi connectivity index (χ4v) is 5.67. The molecule has 0 N–H and O–H groups in total. The molecule has 2 amide bonds. The molecule has 4 nitrogen and oxygen atoms in total. The smallest absolute Gasteiger partial charge is 0.417 e. The Morgan fingerprint density at radius 2 is 1.59 bits per heavy atom. The second kappa shape index (κ2) is 8.53. The molecule has 1 aliphatic heterocycles. The van der Waals surface area contributed by atoms with Gasteiger partial charge in [0.05, 0.1) is 0 Å². The van der Waals surface area contributed by atoms with E-state index in [4.69, 9.17) is 4.74 Å². The highest BCUT2D eigenvalue weighted by Gasteiger charge is 2.44. The molecule has 2 aliphatic carbocycles. The number of nitrogens with zero attached hydrogens (tertiary/aromatic N) is 1. The maximum atomic E-state index is 12.6. The van der Waals surface area contributed by atoms with Crippen LogP contribution in [0.15, 0.2) is 0 Å². The first kappa shape index (κ1) is 20.7. The lowest BCUT2D eigenvalue weighted by Gasteiger charge is -2.37. The lowest BCUT2D eigenvalue weighted by Crippen LogP contribution is -2.43. The monoisotopic (exact) mass is 377 g/mol. The summed E-state index contributed by atoms with van der Waals surface area (Å²) in [5.41, 5.74) is -0.564. The van der Waals surface area contributed by atoms with Crippen molar-refractivity contribution in [2.75, 3.05) is 0 Å². The van der Waals surface area contributed by atoms with Crippen LogP contribution in [0.1, 0.15) is 98.3 Å². The molecule has 0 aromatic carbocycles. The van der Waals surface area contributed by atoms with Crippen LogP contribution >= 0.6 is 0 Å². The van der Waals surface area contributed by atoms with Crippen LogP contribution in [-0.4, -0.2) is 28.5 Å². The van der Waals surface area contributed by atoms with E-state index in [1.165, 1.54) is 62.7 Å². The van der Waals surface area contributed by atoms with E-state index in [-0.39, 0.29) is 17.9 Å². The summed E-state index contributed by atoms with van der Waals surface area (Å²) < 4.78 is 5.52. The summed E-state index contributed by atoms with van der Waals surface area (Å²) in [4.78, 5) is 26.6. The predicted octanol–water partition coefficient (Wildman–Crippen LogP) is 5.94. The van der Waals surface area contributed by atoms with Crippen LogP contribution in [0.2, 0.25) is 0 Å². The van der Waals surface area contributed by atoms with Gasteiger partial charge in [-0.25, -0.2) is 9.69 Å². The molecule has 2 atom stereocenters. The zero-order valence-electron chi connectivity index (χ0n) is 17.8. The number of hydrogen-bond acceptors (Lipinski definition) is 3. The van der Waals surface area contributed by atoms with E-state index in [2.05, 4.69) is 0 Å². The first-order valence-electron chi connectivity index (χ1n) is 11.3. The zero-order valence-corrected chi connectivity index (χ0v) is 17.8. The Balaban J connectivity index is 1.54. The molecule has 3 rings (SSSR count). The first-order chi connectivity index (χ1) is 12.7. The normalized spacial score (nSPS) is 33.3. The Morgan fingerprint density at radius 1 is 1.00 bits per heavy atom. The van der Waals surface area contributed by atoms with Crippen molar-refractivity contribution in [2.45, 2.75) is 110 Å². The van der Waals surface area contributed by atoms with Gasteiger partial charge in [0.1, 0.15) is 5.60 Å². The Kier molecular flexibility index (Phi) is 6.53. The summed E-state index contributed by atoms with van der Waals surface area (Å²) in [7, 11) is 0. The first-order valence-corrected chi connectivity index (χ1v) is 11.3. The van der Waals surface area contributed by atoms with Gasteiger partial charge in [0.15, 0.2) is 0 Å². The molecule has 1 unspecified atom stereocenters. The van der Waals surface area contributed by atoms with Gasteiger partial charge in [-0.05, 0) is 64.2 Å². The van der Waals surface area contributed by atoms with Crippen molar-refractivity contribution in [1.82, 2.24) is 4.90 Å². The number of carbonyl (C=O) groups excluding carboxylic acids is 2. The van der Waals surface area contributed by atoms with Crippen LogP contribution < -0.4 is 0 Å². The van der Waals surface area contributed by atoms with Crippen LogP contribution in [-0.2, 0) is 9.53 Å². The van der Waals surface area contributed by atoms with Gasteiger partial charge in [-0.1, -0.05) is 51.9 Å². The van der Waals surface area contributed by atoms with Gasteiger partial charge < -0.3 is 4.74 Å². The SMILES string of the molecule is CC1C[C@@H](CC2CCC(C3CCCCC3)CC2)N(C(=O)OC(C)(C)C)C1=O. The number of carbonyl (C=O) groups is 2. The molecular weight excluding hydrogens is 338 g/mol. The zero-order chi connectivity index (χ0) is 19.6. The molecule has 3 fully saturated rings. The lowest BCUT2D eigenvalue weighted by atomic mass is 9.70. The van der Waals surface area contributed by atoms with E-state index in [1.54, 1.807) is 0 Å². The molecule has 1 heterocycles. The second-order valence-electron chi connectivity index (χ2n) is 10.4. The summed E-state index contributed by atoms with van der Waals surface area (Å²) in [6.07, 6.45) is 13.7. The minimum absolute atomic E-state index is 0.0265. The molecule has 154 valence electrons. The highest BCUT2D eigenvalue weighted by atomic mass is 16.6. The Hall–Kier alpha value is -1.06. The summed E-state index contributed by atoms with van der Waals surface area (Å²) in [6, 6.07) is 0.0265. The van der Waals surface area contributed by atoms with Crippen molar-refractivity contribution in [3.8, 4) is 0 Å². The van der Waals surface area contributed by atoms with Crippen molar-refractivity contribution >= 4 is 12.0 Å². The number of rotatable bonds is 3. The van der Waals surface area contributed by atoms with Crippen molar-refractivity contribution in [1.29, 1.82) is 0 Å². The maximum absolute atomic E-state index is 12.6. The molecule has 3 aliphatic rings. The standard InChI is InChI=1S/C23H39NO3/c1-16-14-20(24(21(16)25)22(26)27-23(2,3)4)15-17-10-12-19(13-11-17)18-8-6-5-7-9-18/h16-20H,5-15H2,1-4H3/t16?,17?,19?,20-/m0/s1. The van der Waals surface area contributed by atoms with Gasteiger partial charge in [0.25, 0.3) is 0 Å². The molecule has 0 bridgehead atoms. The van der Waals surface area contributed by atoms with Gasteiger partial charge in [0, 0.05) is 12.0 Å². The van der Waals surface area contributed by atoms with E-state index in [9.17, 15) is 9.59 Å². The quantitative estimate of drug-likeness (QED) is 0.612. The Morgan fingerprint density at radius 3 is 2.19 bits per heavy atom. The third kappa shape index (κ3) is 5.26. The molecular formula is C23H39NO3. The van der Waals surface area contributed by atoms with E-state index in [1.807, 2.05) is 27.7 Å². The molecule has 2 saturated carbocycles. The number of hydrogen-bond donors (Lipinski definition) is 0. The highest BCUT2D eigenvalue weighted by Crippen LogP contribution is 2.42. The molecule has 0 aromatic rings. The lowest BCUT2D eigenvalue weighted by molar-refractivity contribution is -0.130. The second-order valence-corrected chi connectivity index (χ2v) is 10.4. The molecule has 1 saturated heterocycles. The van der Waals surface area contributed by atoms with E-state index in [0.717, 1.165) is 24.7 Å². The fourth-order valence-electron chi connectivity index (χ4n) is 5.67. The summed E-state index contributed by atoms with van der Waals surface area (Å²) in [5.74, 6) is 2.42. The molecule has 4 heteroatoms. The molecule has 0 radical (unpaired) electrons. The summed E-state index contributed by atoms with van der Waals surface area (Å²) >= 11 is 0. The van der Waals surface area contributed by atoms with Gasteiger partial charge in [-0.2, -0.15) is 0 Å². The minimum Gasteiger partial charge on any atom is -0.443 e. The van der Waals surface area contributed by atoms with E-state index < -0.39 is 11.7 Å². The fraction of sp³-hybridized carbons (Fsp3) is 0.913. The Labute approximate surface area is 165 Å². The topological polar surface area (TPSA) is 46.6 Å². The van der Waals surface area contributed by atoms with Crippen LogP contribution in [0.3, 0.4) is 0 Å². The van der Waals surface area contributed by atoms with Crippen molar-refractivity contribution in [3.63, 3.8) is 0 Å². The van der Waals surface area contributed by atoms with Crippen LogP contribution in [0, 0.1) is 23.7 Å². The highest BCUT2D eigenvalue weighted by molar-refractivity contribution is 5.95. The van der Waals surface area contributed by atoms with Gasteiger partial charge in [-0.3, -0.25) is 4.79 Å².